The number of nitrogens with two attached hydrogens (primary N) is 2. The minimum absolute atomic E-state index is 0.0488. The summed E-state index contributed by atoms with van der Waals surface area (Å²) in [6.07, 6.45) is -2.63. The van der Waals surface area contributed by atoms with E-state index in [1.807, 2.05) is 0 Å². The summed E-state index contributed by atoms with van der Waals surface area (Å²) in [6, 6.07) is 0. The van der Waals surface area contributed by atoms with Gasteiger partial charge in [-0.05, 0) is 0 Å². The molecule has 3 aromatic heterocycles. The molecule has 0 bridgehead atoms. The minimum atomic E-state index is -3.76. The van der Waals surface area contributed by atoms with Crippen molar-refractivity contribution in [1.82, 2.24) is 34.1 Å². The number of aliphatic hydroxyl groups excluding tert-OH is 2. The van der Waals surface area contributed by atoms with Crippen LogP contribution in [0.3, 0.4) is 0 Å². The Morgan fingerprint density at radius 3 is 2.58 bits per heavy atom. The third kappa shape index (κ3) is 5.19. The molecule has 5 heterocycles. The van der Waals surface area contributed by atoms with E-state index < -0.39 is 62.3 Å². The molecule has 3 aromatic rings. The fourth-order valence-corrected chi connectivity index (χ4v) is 5.57. The summed E-state index contributed by atoms with van der Waals surface area (Å²) in [5.74, 6) is -0.295. The number of nitrogen functional groups attached to an aromatic ring is 2. The molecule has 2 aliphatic heterocycles. The zero-order valence-corrected chi connectivity index (χ0v) is 20.9. The molecule has 7 unspecified atom stereocenters. The quantitative estimate of drug-likeness (QED) is 0.190. The van der Waals surface area contributed by atoms with Crippen molar-refractivity contribution < 1.29 is 33.3 Å². The van der Waals surface area contributed by atoms with E-state index >= 15 is 0 Å². The van der Waals surface area contributed by atoms with Crippen molar-refractivity contribution in [2.24, 2.45) is 0 Å². The first kappa shape index (κ1) is 26.4. The van der Waals surface area contributed by atoms with Gasteiger partial charge in [0.2, 0.25) is 11.9 Å². The fraction of sp³-hybridized carbons (Fsp3) is 0.579. The summed E-state index contributed by atoms with van der Waals surface area (Å²) in [4.78, 5) is 41.9. The summed E-state index contributed by atoms with van der Waals surface area (Å²) in [5, 5.41) is 20.2. The number of aromatic amines is 1. The van der Waals surface area contributed by atoms with Crippen molar-refractivity contribution >= 4 is 30.7 Å². The molecule has 0 aliphatic carbocycles. The predicted molar refractivity (Wildman–Crippen MR) is 128 cm³/mol. The lowest BCUT2D eigenvalue weighted by Gasteiger charge is -2.23. The Balaban J connectivity index is 1.22. The molecule has 0 radical (unpaired) electrons. The molecule has 18 nitrogen and oxygen atoms in total. The zero-order chi connectivity index (χ0) is 27.2. The Labute approximate surface area is 213 Å². The second-order valence-corrected chi connectivity index (χ2v) is 10.9. The minimum Gasteiger partial charge on any atom is -0.394 e. The van der Waals surface area contributed by atoms with Crippen molar-refractivity contribution in [3.63, 3.8) is 0 Å². The molecule has 2 saturated heterocycles. The van der Waals surface area contributed by atoms with E-state index in [-0.39, 0.29) is 42.5 Å². The lowest BCUT2D eigenvalue weighted by molar-refractivity contribution is -0.0511. The number of H-pyrrole nitrogens is 1. The highest BCUT2D eigenvalue weighted by Crippen LogP contribution is 2.49. The highest BCUT2D eigenvalue weighted by Gasteiger charge is 2.42. The van der Waals surface area contributed by atoms with E-state index in [0.29, 0.717) is 0 Å². The Bertz CT molecular complexity index is 1490. The Morgan fingerprint density at radius 2 is 1.84 bits per heavy atom. The molecule has 2 aliphatic rings. The number of aliphatic hydroxyl groups is 2. The van der Waals surface area contributed by atoms with Gasteiger partial charge in [-0.1, -0.05) is 0 Å². The van der Waals surface area contributed by atoms with Crippen molar-refractivity contribution in [2.45, 2.75) is 49.7 Å². The number of imidazole rings is 1. The maximum Gasteiger partial charge on any atom is 0.354 e. The topological polar surface area (TPSA) is 258 Å². The summed E-state index contributed by atoms with van der Waals surface area (Å²) >= 11 is 0. The smallest absolute Gasteiger partial charge is 0.354 e. The number of hydrogen-bond acceptors (Lipinski definition) is 15. The van der Waals surface area contributed by atoms with E-state index in [4.69, 9.17) is 30.0 Å². The van der Waals surface area contributed by atoms with Crippen LogP contribution in [-0.4, -0.2) is 88.6 Å². The Kier molecular flexibility index (Phi) is 7.03. The average molecular weight is 555 g/mol. The maximum atomic E-state index is 13.1. The van der Waals surface area contributed by atoms with E-state index in [0.717, 1.165) is 10.9 Å². The third-order valence-corrected chi connectivity index (χ3v) is 7.45. The predicted octanol–water partition coefficient (Wildman–Crippen LogP) is -1.91. The Morgan fingerprint density at radius 1 is 1.13 bits per heavy atom. The number of rotatable bonds is 8. The number of ether oxygens (including phenoxy) is 2. The van der Waals surface area contributed by atoms with Crippen LogP contribution in [0.2, 0.25) is 0 Å². The van der Waals surface area contributed by atoms with Gasteiger partial charge in [0.15, 0.2) is 11.2 Å². The van der Waals surface area contributed by atoms with Gasteiger partial charge in [0.25, 0.3) is 5.56 Å². The van der Waals surface area contributed by atoms with Gasteiger partial charge in [0.05, 0.1) is 31.7 Å². The van der Waals surface area contributed by atoms with E-state index in [1.165, 1.54) is 17.6 Å². The molecule has 7 atom stereocenters. The van der Waals surface area contributed by atoms with Crippen molar-refractivity contribution in [3.05, 3.63) is 33.5 Å². The van der Waals surface area contributed by atoms with Crippen molar-refractivity contribution in [3.8, 4) is 0 Å². The van der Waals surface area contributed by atoms with E-state index in [1.54, 1.807) is 0 Å². The van der Waals surface area contributed by atoms with Gasteiger partial charge >= 0.3 is 13.3 Å². The lowest BCUT2D eigenvalue weighted by atomic mass is 10.2. The van der Waals surface area contributed by atoms with Crippen LogP contribution in [0.1, 0.15) is 25.3 Å². The molecule has 0 aromatic carbocycles. The molecule has 19 heteroatoms. The highest BCUT2D eigenvalue weighted by atomic mass is 31.2. The molecule has 38 heavy (non-hydrogen) atoms. The number of anilines is 2. The number of fused-ring (bicyclic) bond motifs is 1. The van der Waals surface area contributed by atoms with E-state index in [2.05, 4.69) is 24.9 Å². The van der Waals surface area contributed by atoms with Crippen LogP contribution in [0.25, 0.3) is 11.2 Å². The van der Waals surface area contributed by atoms with Crippen LogP contribution in [-0.2, 0) is 23.1 Å². The molecular weight excluding hydrogens is 529 g/mol. The molecule has 5 rings (SSSR count). The van der Waals surface area contributed by atoms with Crippen LogP contribution in [0.4, 0.5) is 11.9 Å². The first-order valence-corrected chi connectivity index (χ1v) is 13.5. The number of nitrogens with one attached hydrogen (secondary N) is 1. The molecule has 2 fully saturated rings. The zero-order valence-electron chi connectivity index (χ0n) is 20.0. The lowest BCUT2D eigenvalue weighted by Crippen LogP contribution is -2.29. The van der Waals surface area contributed by atoms with Crippen molar-refractivity contribution in [2.75, 3.05) is 31.3 Å². The highest BCUT2D eigenvalue weighted by molar-refractivity contribution is 7.53. The number of aromatic nitrogens is 7. The molecule has 7 N–H and O–H groups in total. The second kappa shape index (κ2) is 10.1. The van der Waals surface area contributed by atoms with Gasteiger partial charge < -0.3 is 40.2 Å². The largest absolute Gasteiger partial charge is 0.394 e. The molecule has 0 saturated carbocycles. The third-order valence-electron chi connectivity index (χ3n) is 6.18. The molecule has 206 valence electrons. The van der Waals surface area contributed by atoms with Gasteiger partial charge in [0.1, 0.15) is 31.0 Å². The van der Waals surface area contributed by atoms with Gasteiger partial charge in [-0.3, -0.25) is 23.5 Å². The van der Waals surface area contributed by atoms with E-state index in [9.17, 15) is 24.4 Å². The summed E-state index contributed by atoms with van der Waals surface area (Å²) in [6.45, 7) is 0.465. The first-order chi connectivity index (χ1) is 18.0. The summed E-state index contributed by atoms with van der Waals surface area (Å²) in [7, 11) is -3.76. The van der Waals surface area contributed by atoms with Crippen LogP contribution in [0, 0.1) is 0 Å². The first-order valence-electron chi connectivity index (χ1n) is 11.5. The molecule has 0 spiro atoms. The molecular formula is C19H26N9O9P. The van der Waals surface area contributed by atoms with Gasteiger partial charge in [-0.15, -0.1) is 0 Å². The average Bonchev–Trinajstić information content (AvgIpc) is 3.54. The number of hydrogen-bond donors (Lipinski definition) is 5. The normalized spacial score (nSPS) is 29.1. The van der Waals surface area contributed by atoms with Crippen molar-refractivity contribution in [1.29, 1.82) is 0 Å². The maximum absolute atomic E-state index is 13.1. The Hall–Kier alpha value is -3.25. The second-order valence-electron chi connectivity index (χ2n) is 8.87. The van der Waals surface area contributed by atoms with Gasteiger partial charge in [-0.25, -0.2) is 14.8 Å². The summed E-state index contributed by atoms with van der Waals surface area (Å²) < 4.78 is 38.3. The summed E-state index contributed by atoms with van der Waals surface area (Å²) in [5.41, 5.74) is 10.1. The standard InChI is InChI=1S/C19H26N9O9P/c1-38(33,37-9-3-13(35-10(9)4-29)28-7-23-17(20)26-19(28)32)34-5-11-8(30)2-12(36-11)27-6-22-14-15(27)24-18(21)25-16(14)31/h6-13,29-30H,2-5H2,1H3,(H2,20,26,32)(H3,21,24,25,31). The molecule has 0 amide bonds. The van der Waals surface area contributed by atoms with Gasteiger partial charge in [0, 0.05) is 19.5 Å². The van der Waals surface area contributed by atoms with Crippen LogP contribution in [0.15, 0.2) is 22.2 Å². The van der Waals surface area contributed by atoms with Crippen LogP contribution < -0.4 is 22.7 Å². The van der Waals surface area contributed by atoms with Gasteiger partial charge in [-0.2, -0.15) is 9.97 Å². The van der Waals surface area contributed by atoms with Crippen LogP contribution in [0.5, 0.6) is 0 Å². The SMILES string of the molecule is CP(=O)(OCC1OC(n2cnc3c(=O)[nH]c(N)nc32)CC1O)OC1CC(n2cnc(N)nc2=O)OC1CO. The monoisotopic (exact) mass is 555 g/mol. The van der Waals surface area contributed by atoms with Crippen LogP contribution >= 0.6 is 7.60 Å². The fourth-order valence-electron chi connectivity index (χ4n) is 4.37. The number of nitrogens with zero attached hydrogens (tertiary/aromatic N) is 6.